The molecule has 29 heavy (non-hydrogen) atoms. The Labute approximate surface area is 173 Å². The van der Waals surface area contributed by atoms with Gasteiger partial charge in [-0.1, -0.05) is 30.3 Å². The molecular formula is C23H28N2O3S. The zero-order valence-corrected chi connectivity index (χ0v) is 17.7. The van der Waals surface area contributed by atoms with Crippen LogP contribution < -0.4 is 5.32 Å². The number of benzene rings is 2. The molecule has 1 saturated heterocycles. The number of amides is 1. The zero-order valence-electron chi connectivity index (χ0n) is 16.9. The van der Waals surface area contributed by atoms with Crippen LogP contribution in [0.1, 0.15) is 41.5 Å². The number of nitrogens with one attached hydrogen (secondary N) is 1. The summed E-state index contributed by atoms with van der Waals surface area (Å²) in [4.78, 5) is 12.9. The molecule has 0 spiro atoms. The van der Waals surface area contributed by atoms with Crippen LogP contribution in [0.15, 0.2) is 47.4 Å². The lowest BCUT2D eigenvalue weighted by Crippen LogP contribution is -2.42. The molecule has 0 aromatic heterocycles. The first-order chi connectivity index (χ1) is 13.9. The Hall–Kier alpha value is -2.18. The summed E-state index contributed by atoms with van der Waals surface area (Å²) in [6.45, 7) is 3.33. The van der Waals surface area contributed by atoms with Gasteiger partial charge in [-0.25, -0.2) is 8.42 Å². The van der Waals surface area contributed by atoms with Gasteiger partial charge in [0.05, 0.1) is 4.90 Å². The van der Waals surface area contributed by atoms with E-state index in [1.54, 1.807) is 6.07 Å². The van der Waals surface area contributed by atoms with Crippen LogP contribution in [0.25, 0.3) is 0 Å². The highest BCUT2D eigenvalue weighted by atomic mass is 32.2. The largest absolute Gasteiger partial charge is 0.352 e. The second kappa shape index (κ2) is 8.28. The Morgan fingerprint density at radius 2 is 1.79 bits per heavy atom. The van der Waals surface area contributed by atoms with Crippen LogP contribution in [0.2, 0.25) is 0 Å². The highest BCUT2D eigenvalue weighted by Crippen LogP contribution is 2.28. The van der Waals surface area contributed by atoms with E-state index in [0.717, 1.165) is 36.0 Å². The van der Waals surface area contributed by atoms with Gasteiger partial charge in [0, 0.05) is 25.6 Å². The normalized spacial score (nSPS) is 17.8. The van der Waals surface area contributed by atoms with Crippen molar-refractivity contribution in [2.24, 2.45) is 5.92 Å². The van der Waals surface area contributed by atoms with Gasteiger partial charge in [-0.2, -0.15) is 4.31 Å². The number of piperidine rings is 1. The third-order valence-corrected chi connectivity index (χ3v) is 8.14. The van der Waals surface area contributed by atoms with E-state index >= 15 is 0 Å². The van der Waals surface area contributed by atoms with Crippen molar-refractivity contribution in [2.45, 2.75) is 50.5 Å². The Morgan fingerprint density at radius 1 is 1.07 bits per heavy atom. The van der Waals surface area contributed by atoms with Crippen molar-refractivity contribution in [3.63, 3.8) is 0 Å². The van der Waals surface area contributed by atoms with E-state index in [1.807, 2.05) is 43.3 Å². The number of rotatable bonds is 5. The number of carbonyl (C=O) groups is 1. The molecule has 0 atom stereocenters. The average Bonchev–Trinajstić information content (AvgIpc) is 3.21. The molecular weight excluding hydrogens is 384 g/mol. The van der Waals surface area contributed by atoms with Crippen molar-refractivity contribution in [1.29, 1.82) is 0 Å². The number of carbonyl (C=O) groups excluding carboxylic acids is 1. The Bertz CT molecular complexity index is 1010. The molecule has 6 heteroatoms. The van der Waals surface area contributed by atoms with E-state index in [1.165, 1.54) is 9.87 Å². The summed E-state index contributed by atoms with van der Waals surface area (Å²) in [6.07, 6.45) is 4.22. The fraction of sp³-hybridized carbons (Fsp3) is 0.435. The predicted molar refractivity (Wildman–Crippen MR) is 113 cm³/mol. The van der Waals surface area contributed by atoms with Gasteiger partial charge in [0.2, 0.25) is 15.9 Å². The van der Waals surface area contributed by atoms with Gasteiger partial charge < -0.3 is 5.32 Å². The number of fused-ring (bicyclic) bond motifs is 1. The molecule has 1 N–H and O–H groups in total. The molecule has 1 heterocycles. The molecule has 0 bridgehead atoms. The molecule has 0 saturated carbocycles. The van der Waals surface area contributed by atoms with Gasteiger partial charge in [0.15, 0.2) is 0 Å². The zero-order chi connectivity index (χ0) is 20.4. The SMILES string of the molecule is Cc1ccccc1CNC(=O)C1CCN(S(=O)(=O)c2ccc3c(c2)CCC3)CC1. The molecule has 4 rings (SSSR count). The van der Waals surface area contributed by atoms with Crippen molar-refractivity contribution in [3.05, 3.63) is 64.7 Å². The molecule has 0 unspecified atom stereocenters. The molecule has 2 aliphatic rings. The fourth-order valence-electron chi connectivity index (χ4n) is 4.35. The van der Waals surface area contributed by atoms with Gasteiger partial charge in [0.1, 0.15) is 0 Å². The molecule has 1 fully saturated rings. The van der Waals surface area contributed by atoms with Crippen LogP contribution in [-0.2, 0) is 34.2 Å². The summed E-state index contributed by atoms with van der Waals surface area (Å²) in [5, 5.41) is 3.02. The summed E-state index contributed by atoms with van der Waals surface area (Å²) < 4.78 is 27.6. The van der Waals surface area contributed by atoms with Crippen molar-refractivity contribution < 1.29 is 13.2 Å². The lowest BCUT2D eigenvalue weighted by Gasteiger charge is -2.30. The third kappa shape index (κ3) is 4.23. The first kappa shape index (κ1) is 20.1. The molecule has 0 radical (unpaired) electrons. The summed E-state index contributed by atoms with van der Waals surface area (Å²) in [6, 6.07) is 13.5. The van der Waals surface area contributed by atoms with Crippen LogP contribution in [0, 0.1) is 12.8 Å². The summed E-state index contributed by atoms with van der Waals surface area (Å²) in [5.74, 6) is -0.117. The molecule has 1 aliphatic carbocycles. The number of aryl methyl sites for hydroxylation is 3. The van der Waals surface area contributed by atoms with E-state index in [2.05, 4.69) is 5.32 Å². The molecule has 1 aliphatic heterocycles. The van der Waals surface area contributed by atoms with Crippen molar-refractivity contribution in [1.82, 2.24) is 9.62 Å². The van der Waals surface area contributed by atoms with Crippen molar-refractivity contribution in [2.75, 3.05) is 13.1 Å². The van der Waals surface area contributed by atoms with Gasteiger partial charge in [-0.15, -0.1) is 0 Å². The summed E-state index contributed by atoms with van der Waals surface area (Å²) in [5.41, 5.74) is 4.70. The first-order valence-corrected chi connectivity index (χ1v) is 11.8. The van der Waals surface area contributed by atoms with E-state index in [9.17, 15) is 13.2 Å². The number of nitrogens with zero attached hydrogens (tertiary/aromatic N) is 1. The molecule has 2 aromatic carbocycles. The Balaban J connectivity index is 1.35. The van der Waals surface area contributed by atoms with Crippen LogP contribution in [0.3, 0.4) is 0 Å². The fourth-order valence-corrected chi connectivity index (χ4v) is 5.87. The minimum absolute atomic E-state index is 0.0165. The predicted octanol–water partition coefficient (Wildman–Crippen LogP) is 3.20. The summed E-state index contributed by atoms with van der Waals surface area (Å²) in [7, 11) is -3.49. The van der Waals surface area contributed by atoms with E-state index in [4.69, 9.17) is 0 Å². The van der Waals surface area contributed by atoms with E-state index < -0.39 is 10.0 Å². The molecule has 1 amide bonds. The Kier molecular flexibility index (Phi) is 5.74. The Morgan fingerprint density at radius 3 is 2.55 bits per heavy atom. The summed E-state index contributed by atoms with van der Waals surface area (Å²) >= 11 is 0. The van der Waals surface area contributed by atoms with Gasteiger partial charge in [-0.3, -0.25) is 4.79 Å². The van der Waals surface area contributed by atoms with Crippen LogP contribution in [0.4, 0.5) is 0 Å². The number of hydrogen-bond acceptors (Lipinski definition) is 3. The minimum atomic E-state index is -3.49. The lowest BCUT2D eigenvalue weighted by atomic mass is 9.97. The molecule has 5 nitrogen and oxygen atoms in total. The topological polar surface area (TPSA) is 66.5 Å². The van der Waals surface area contributed by atoms with Crippen molar-refractivity contribution in [3.8, 4) is 0 Å². The molecule has 154 valence electrons. The smallest absolute Gasteiger partial charge is 0.243 e. The van der Waals surface area contributed by atoms with Gasteiger partial charge in [0.25, 0.3) is 0 Å². The lowest BCUT2D eigenvalue weighted by molar-refractivity contribution is -0.126. The standard InChI is InChI=1S/C23H28N2O3S/c1-17-5-2-3-6-21(17)16-24-23(26)19-11-13-25(14-12-19)29(27,28)22-10-9-18-7-4-8-20(18)15-22/h2-3,5-6,9-10,15,19H,4,7-8,11-14,16H2,1H3,(H,24,26). The molecule has 2 aromatic rings. The quantitative estimate of drug-likeness (QED) is 0.820. The van der Waals surface area contributed by atoms with E-state index in [-0.39, 0.29) is 11.8 Å². The van der Waals surface area contributed by atoms with E-state index in [0.29, 0.717) is 37.4 Å². The average molecular weight is 413 g/mol. The highest BCUT2D eigenvalue weighted by Gasteiger charge is 2.32. The first-order valence-electron chi connectivity index (χ1n) is 10.4. The second-order valence-corrected chi connectivity index (χ2v) is 10.0. The third-order valence-electron chi connectivity index (χ3n) is 6.25. The number of hydrogen-bond donors (Lipinski definition) is 1. The highest BCUT2D eigenvalue weighted by molar-refractivity contribution is 7.89. The monoisotopic (exact) mass is 412 g/mol. The maximum atomic E-state index is 13.0. The number of sulfonamides is 1. The minimum Gasteiger partial charge on any atom is -0.352 e. The maximum absolute atomic E-state index is 13.0. The van der Waals surface area contributed by atoms with Crippen molar-refractivity contribution >= 4 is 15.9 Å². The second-order valence-electron chi connectivity index (χ2n) is 8.11. The van der Waals surface area contributed by atoms with Crippen LogP contribution in [-0.4, -0.2) is 31.7 Å². The van der Waals surface area contributed by atoms with Gasteiger partial charge in [-0.05, 0) is 73.4 Å². The van der Waals surface area contributed by atoms with Crippen LogP contribution >= 0.6 is 0 Å². The van der Waals surface area contributed by atoms with Crippen LogP contribution in [0.5, 0.6) is 0 Å². The van der Waals surface area contributed by atoms with Gasteiger partial charge >= 0.3 is 0 Å². The maximum Gasteiger partial charge on any atom is 0.243 e.